The smallest absolute Gasteiger partial charge is 0.407 e. The normalized spacial score (nSPS) is 19.5. The Hall–Kier alpha value is -3.35. The molecule has 3 N–H and O–H groups in total. The first kappa shape index (κ1) is 22.8. The molecule has 1 fully saturated rings. The number of benzene rings is 2. The number of hydrogen-bond donors (Lipinski definition) is 3. The minimum Gasteiger partial charge on any atom is -0.481 e. The average Bonchev–Trinajstić information content (AvgIpc) is 3.11. The van der Waals surface area contributed by atoms with E-state index in [1.54, 1.807) is 0 Å². The SMILES string of the molecule is CCC(CCC(=O)O)NC(=O)C1CC(NC(=O)OCC2c3ccccc3-c3ccccc32)C1. The maximum Gasteiger partial charge on any atom is 0.407 e. The maximum absolute atomic E-state index is 12.4. The molecule has 4 rings (SSSR count). The molecule has 7 heteroatoms. The first-order valence-electron chi connectivity index (χ1n) is 11.6. The van der Waals surface area contributed by atoms with Crippen LogP contribution in [0.25, 0.3) is 11.1 Å². The summed E-state index contributed by atoms with van der Waals surface area (Å²) in [4.78, 5) is 35.5. The van der Waals surface area contributed by atoms with Crippen molar-refractivity contribution in [2.24, 2.45) is 5.92 Å². The van der Waals surface area contributed by atoms with Gasteiger partial charge in [-0.1, -0.05) is 55.5 Å². The number of amides is 2. The Morgan fingerprint density at radius 3 is 2.21 bits per heavy atom. The number of nitrogens with one attached hydrogen (secondary N) is 2. The first-order chi connectivity index (χ1) is 16.0. The predicted molar refractivity (Wildman–Crippen MR) is 124 cm³/mol. The number of carbonyl (C=O) groups excluding carboxylic acids is 2. The summed E-state index contributed by atoms with van der Waals surface area (Å²) in [6, 6.07) is 16.2. The molecule has 2 aromatic carbocycles. The van der Waals surface area contributed by atoms with Crippen LogP contribution in [0.15, 0.2) is 48.5 Å². The van der Waals surface area contributed by atoms with Gasteiger partial charge >= 0.3 is 12.1 Å². The predicted octanol–water partition coefficient (Wildman–Crippen LogP) is 4.06. The van der Waals surface area contributed by atoms with Crippen molar-refractivity contribution in [1.29, 1.82) is 0 Å². The van der Waals surface area contributed by atoms with E-state index in [1.807, 2.05) is 31.2 Å². The second-order valence-corrected chi connectivity index (χ2v) is 8.88. The van der Waals surface area contributed by atoms with Crippen molar-refractivity contribution in [3.05, 3.63) is 59.7 Å². The molecule has 0 radical (unpaired) electrons. The van der Waals surface area contributed by atoms with E-state index >= 15 is 0 Å². The van der Waals surface area contributed by atoms with E-state index in [0.29, 0.717) is 25.7 Å². The van der Waals surface area contributed by atoms with E-state index < -0.39 is 12.1 Å². The molecule has 0 bridgehead atoms. The number of fused-ring (bicyclic) bond motifs is 3. The molecule has 2 aliphatic carbocycles. The van der Waals surface area contributed by atoms with Crippen LogP contribution in [0.4, 0.5) is 4.79 Å². The molecule has 1 saturated carbocycles. The largest absolute Gasteiger partial charge is 0.481 e. The lowest BCUT2D eigenvalue weighted by atomic mass is 9.79. The van der Waals surface area contributed by atoms with Gasteiger partial charge in [0.15, 0.2) is 0 Å². The highest BCUT2D eigenvalue weighted by atomic mass is 16.5. The zero-order valence-electron chi connectivity index (χ0n) is 18.8. The fourth-order valence-corrected chi connectivity index (χ4v) is 4.75. The van der Waals surface area contributed by atoms with E-state index in [-0.39, 0.29) is 42.9 Å². The van der Waals surface area contributed by atoms with Crippen LogP contribution < -0.4 is 10.6 Å². The van der Waals surface area contributed by atoms with Gasteiger partial charge in [0.1, 0.15) is 6.61 Å². The van der Waals surface area contributed by atoms with Gasteiger partial charge in [-0.05, 0) is 47.9 Å². The molecule has 0 aliphatic heterocycles. The van der Waals surface area contributed by atoms with Crippen molar-refractivity contribution in [3.63, 3.8) is 0 Å². The molecule has 0 spiro atoms. The molecule has 33 heavy (non-hydrogen) atoms. The number of alkyl carbamates (subject to hydrolysis) is 1. The topological polar surface area (TPSA) is 105 Å². The zero-order valence-corrected chi connectivity index (χ0v) is 18.8. The van der Waals surface area contributed by atoms with E-state index in [1.165, 1.54) is 22.3 Å². The fourth-order valence-electron chi connectivity index (χ4n) is 4.75. The van der Waals surface area contributed by atoms with Gasteiger partial charge in [-0.3, -0.25) is 9.59 Å². The molecule has 2 amide bonds. The van der Waals surface area contributed by atoms with Crippen LogP contribution in [0.1, 0.15) is 56.1 Å². The lowest BCUT2D eigenvalue weighted by Gasteiger charge is -2.35. The van der Waals surface area contributed by atoms with E-state index in [9.17, 15) is 14.4 Å². The van der Waals surface area contributed by atoms with Gasteiger partial charge in [-0.25, -0.2) is 4.79 Å². The minimum absolute atomic E-state index is 0.0137. The van der Waals surface area contributed by atoms with E-state index in [0.717, 1.165) is 0 Å². The molecule has 2 aromatic rings. The van der Waals surface area contributed by atoms with Crippen LogP contribution in [-0.4, -0.2) is 41.8 Å². The summed E-state index contributed by atoms with van der Waals surface area (Å²) in [7, 11) is 0. The molecule has 0 heterocycles. The third-order valence-electron chi connectivity index (χ3n) is 6.72. The van der Waals surface area contributed by atoms with Crippen LogP contribution in [0, 0.1) is 5.92 Å². The van der Waals surface area contributed by atoms with Crippen LogP contribution >= 0.6 is 0 Å². The highest BCUT2D eigenvalue weighted by Gasteiger charge is 2.36. The number of ether oxygens (including phenoxy) is 1. The first-order valence-corrected chi connectivity index (χ1v) is 11.6. The molecule has 174 valence electrons. The molecule has 1 atom stereocenters. The summed E-state index contributed by atoms with van der Waals surface area (Å²) in [6.45, 7) is 2.19. The minimum atomic E-state index is -0.862. The quantitative estimate of drug-likeness (QED) is 0.534. The van der Waals surface area contributed by atoms with Gasteiger partial charge in [0.2, 0.25) is 5.91 Å². The third kappa shape index (κ3) is 5.18. The summed E-state index contributed by atoms with van der Waals surface area (Å²) in [6.07, 6.45) is 1.80. The van der Waals surface area contributed by atoms with Gasteiger partial charge in [0, 0.05) is 30.3 Å². The number of carboxylic acids is 1. The Labute approximate surface area is 193 Å². The summed E-state index contributed by atoms with van der Waals surface area (Å²) in [5, 5.41) is 14.6. The Kier molecular flexibility index (Phi) is 6.96. The van der Waals surface area contributed by atoms with Gasteiger partial charge in [-0.15, -0.1) is 0 Å². The lowest BCUT2D eigenvalue weighted by Crippen LogP contribution is -2.51. The molecule has 1 unspecified atom stereocenters. The monoisotopic (exact) mass is 450 g/mol. The number of hydrogen-bond acceptors (Lipinski definition) is 4. The molecule has 2 aliphatic rings. The van der Waals surface area contributed by atoms with Crippen LogP contribution in [0.2, 0.25) is 0 Å². The zero-order chi connectivity index (χ0) is 23.4. The molecule has 0 saturated heterocycles. The molecular formula is C26H30N2O5. The summed E-state index contributed by atoms with van der Waals surface area (Å²) >= 11 is 0. The fraction of sp³-hybridized carbons (Fsp3) is 0.423. The molecule has 7 nitrogen and oxygen atoms in total. The second-order valence-electron chi connectivity index (χ2n) is 8.88. The van der Waals surface area contributed by atoms with Crippen molar-refractivity contribution in [2.75, 3.05) is 6.61 Å². The summed E-state index contributed by atoms with van der Waals surface area (Å²) < 4.78 is 5.57. The highest BCUT2D eigenvalue weighted by Crippen LogP contribution is 2.44. The lowest BCUT2D eigenvalue weighted by molar-refractivity contribution is -0.137. The van der Waals surface area contributed by atoms with Crippen molar-refractivity contribution < 1.29 is 24.2 Å². The number of rotatable bonds is 9. The van der Waals surface area contributed by atoms with Crippen LogP contribution in [0.3, 0.4) is 0 Å². The van der Waals surface area contributed by atoms with Gasteiger partial charge < -0.3 is 20.5 Å². The Morgan fingerprint density at radius 2 is 1.64 bits per heavy atom. The number of aliphatic carboxylic acids is 1. The molecular weight excluding hydrogens is 420 g/mol. The second kappa shape index (κ2) is 10.1. The Balaban J connectivity index is 1.23. The molecule has 0 aromatic heterocycles. The maximum atomic E-state index is 12.4. The third-order valence-corrected chi connectivity index (χ3v) is 6.72. The van der Waals surface area contributed by atoms with E-state index in [2.05, 4.69) is 34.9 Å². The Morgan fingerprint density at radius 1 is 1.03 bits per heavy atom. The Bertz CT molecular complexity index is 985. The van der Waals surface area contributed by atoms with Crippen molar-refractivity contribution in [3.8, 4) is 11.1 Å². The van der Waals surface area contributed by atoms with Gasteiger partial charge in [-0.2, -0.15) is 0 Å². The van der Waals surface area contributed by atoms with Crippen molar-refractivity contribution in [1.82, 2.24) is 10.6 Å². The number of carboxylic acid groups (broad SMARTS) is 1. The van der Waals surface area contributed by atoms with Crippen LogP contribution in [-0.2, 0) is 14.3 Å². The van der Waals surface area contributed by atoms with Gasteiger partial charge in [0.05, 0.1) is 0 Å². The number of carbonyl (C=O) groups is 3. The highest BCUT2D eigenvalue weighted by molar-refractivity contribution is 5.81. The van der Waals surface area contributed by atoms with Gasteiger partial charge in [0.25, 0.3) is 0 Å². The standard InChI is InChI=1S/C26H30N2O5/c1-2-17(11-12-24(29)30)27-25(31)16-13-18(14-16)28-26(32)33-15-23-21-9-5-3-7-19(21)20-8-4-6-10-22(20)23/h3-10,16-18,23H,2,11-15H2,1H3,(H,27,31)(H,28,32)(H,29,30). The van der Waals surface area contributed by atoms with E-state index in [4.69, 9.17) is 9.84 Å². The van der Waals surface area contributed by atoms with Crippen LogP contribution in [0.5, 0.6) is 0 Å². The summed E-state index contributed by atoms with van der Waals surface area (Å²) in [5.74, 6) is -1.08. The van der Waals surface area contributed by atoms with Crippen molar-refractivity contribution in [2.45, 2.75) is 57.0 Å². The summed E-state index contributed by atoms with van der Waals surface area (Å²) in [5.41, 5.74) is 4.70. The van der Waals surface area contributed by atoms with Crippen molar-refractivity contribution >= 4 is 18.0 Å². The average molecular weight is 451 g/mol.